The van der Waals surface area contributed by atoms with Crippen molar-refractivity contribution in [1.82, 2.24) is 34.5 Å². The van der Waals surface area contributed by atoms with Crippen LogP contribution in [0.3, 0.4) is 0 Å². The molecule has 12 heteroatoms. The maximum Gasteiger partial charge on any atom is 0.213 e. The van der Waals surface area contributed by atoms with Crippen LogP contribution < -0.4 is 0 Å². The van der Waals surface area contributed by atoms with E-state index in [2.05, 4.69) is 122 Å². The molecule has 5 aromatic heterocycles. The van der Waals surface area contributed by atoms with Crippen molar-refractivity contribution in [2.45, 2.75) is 131 Å². The molecule has 0 bridgehead atoms. The predicted molar refractivity (Wildman–Crippen MR) is 183 cm³/mol. The Balaban J connectivity index is 0.000000281. The maximum atomic E-state index is 5.09. The zero-order chi connectivity index (χ0) is 34.5. The molecular weight excluding hydrogens is 607 g/mol. The lowest BCUT2D eigenvalue weighted by molar-refractivity contribution is 0.392. The van der Waals surface area contributed by atoms with Crippen LogP contribution in [0.1, 0.15) is 131 Å². The molecule has 0 amide bonds. The molecule has 0 unspecified atom stereocenters. The Kier molecular flexibility index (Phi) is 14.9. The third-order valence-corrected chi connectivity index (χ3v) is 7.55. The lowest BCUT2D eigenvalue weighted by atomic mass is 9.96. The first kappa shape index (κ1) is 39.8. The van der Waals surface area contributed by atoms with Gasteiger partial charge in [0.2, 0.25) is 6.39 Å². The van der Waals surface area contributed by atoms with Gasteiger partial charge in [0, 0.05) is 38.7 Å². The number of hydrogen-bond donors (Lipinski definition) is 0. The van der Waals surface area contributed by atoms with Crippen molar-refractivity contribution in [3.8, 4) is 0 Å². The molecule has 45 heavy (non-hydrogen) atoms. The highest BCUT2D eigenvalue weighted by molar-refractivity contribution is 7.09. The average molecular weight is 660 g/mol. The summed E-state index contributed by atoms with van der Waals surface area (Å²) in [6.45, 7) is 31.4. The Labute approximate surface area is 277 Å². The van der Waals surface area contributed by atoms with Crippen molar-refractivity contribution < 1.29 is 13.4 Å². The largest absolute Gasteiger partial charge is 0.448 e. The van der Waals surface area contributed by atoms with Gasteiger partial charge in [-0.05, 0) is 11.5 Å². The summed E-state index contributed by atoms with van der Waals surface area (Å²) in [4.78, 5) is 20.3. The molecule has 5 aromatic rings. The van der Waals surface area contributed by atoms with E-state index in [1.54, 1.807) is 42.6 Å². The molecular formula is C33H53N7O3S2. The summed E-state index contributed by atoms with van der Waals surface area (Å²) in [7, 11) is 0. The third kappa shape index (κ3) is 16.0. The fourth-order valence-corrected chi connectivity index (χ4v) is 4.07. The van der Waals surface area contributed by atoms with Gasteiger partial charge in [-0.25, -0.2) is 19.9 Å². The lowest BCUT2D eigenvalue weighted by Gasteiger charge is -2.12. The Morgan fingerprint density at radius 1 is 0.533 bits per heavy atom. The highest BCUT2D eigenvalue weighted by atomic mass is 32.1. The Hall–Kier alpha value is -3.25. The Morgan fingerprint density at radius 3 is 1.22 bits per heavy atom. The van der Waals surface area contributed by atoms with E-state index in [1.165, 1.54) is 22.9 Å². The minimum absolute atomic E-state index is 0.00694. The van der Waals surface area contributed by atoms with Crippen LogP contribution in [0, 0.1) is 0 Å². The quantitative estimate of drug-likeness (QED) is 0.158. The van der Waals surface area contributed by atoms with Gasteiger partial charge in [-0.15, -0.1) is 11.3 Å². The molecule has 0 fully saturated rings. The summed E-state index contributed by atoms with van der Waals surface area (Å²) in [5, 5.41) is 8.03. The normalized spacial score (nSPS) is 11.9. The van der Waals surface area contributed by atoms with Gasteiger partial charge in [-0.3, -0.25) is 0 Å². The average Bonchev–Trinajstić information content (AvgIpc) is 3.75. The number of nitrogens with zero attached hydrogens (tertiary/aromatic N) is 7. The fourth-order valence-electron chi connectivity index (χ4n) is 2.79. The minimum Gasteiger partial charge on any atom is -0.448 e. The summed E-state index contributed by atoms with van der Waals surface area (Å²) in [6, 6.07) is 0. The molecule has 0 radical (unpaired) electrons. The molecule has 0 N–H and O–H groups in total. The second-order valence-electron chi connectivity index (χ2n) is 15.3. The van der Waals surface area contributed by atoms with Crippen molar-refractivity contribution in [1.29, 1.82) is 0 Å². The van der Waals surface area contributed by atoms with Gasteiger partial charge in [-0.1, -0.05) is 109 Å². The van der Waals surface area contributed by atoms with Crippen molar-refractivity contribution >= 4 is 22.9 Å². The molecule has 0 spiro atoms. The first-order chi connectivity index (χ1) is 20.5. The molecule has 0 aliphatic rings. The van der Waals surface area contributed by atoms with Crippen LogP contribution in [-0.4, -0.2) is 34.5 Å². The molecule has 250 valence electrons. The van der Waals surface area contributed by atoms with Gasteiger partial charge in [0.25, 0.3) is 0 Å². The van der Waals surface area contributed by atoms with Crippen molar-refractivity contribution in [2.24, 2.45) is 0 Å². The fraction of sp³-hybridized carbons (Fsp3) is 0.606. The van der Waals surface area contributed by atoms with E-state index >= 15 is 0 Å². The molecule has 0 aromatic carbocycles. The number of rotatable bonds is 0. The third-order valence-electron chi connectivity index (χ3n) is 5.26. The molecule has 0 aliphatic heterocycles. The van der Waals surface area contributed by atoms with Crippen molar-refractivity contribution in [3.05, 3.63) is 76.8 Å². The van der Waals surface area contributed by atoms with Gasteiger partial charge in [0.05, 0.1) is 17.4 Å². The van der Waals surface area contributed by atoms with Crippen LogP contribution >= 0.6 is 22.9 Å². The topological polar surface area (TPSA) is 130 Å². The SMILES string of the molecule is CC(C)(C)c1ncco1.CC(C)(C)c1ncco1.CC(C)(C)c1nccs1.CC(C)(C)c1ncns1.CC(C)(C)c1ncon1. The van der Waals surface area contributed by atoms with Crippen LogP contribution in [0.5, 0.6) is 0 Å². The number of oxazole rings is 2. The van der Waals surface area contributed by atoms with Crippen molar-refractivity contribution in [2.75, 3.05) is 0 Å². The van der Waals surface area contributed by atoms with Gasteiger partial charge in [-0.2, -0.15) is 9.36 Å². The summed E-state index contributed by atoms with van der Waals surface area (Å²) >= 11 is 3.19. The summed E-state index contributed by atoms with van der Waals surface area (Å²) in [5.74, 6) is 2.34. The standard InChI is InChI=1S/2C7H11NO.C7H11NS.C6H10N2O.C6H10N2S/c3*1-7(2,3)6-8-4-5-9-6;1-6(2,3)5-7-4-9-8-5;1-6(2,3)5-7-4-8-9-5/h3*4-5H,1-3H3;2*4H,1-3H3. The van der Waals surface area contributed by atoms with E-state index < -0.39 is 0 Å². The van der Waals surface area contributed by atoms with E-state index in [4.69, 9.17) is 8.83 Å². The van der Waals surface area contributed by atoms with Crippen LogP contribution in [0.2, 0.25) is 0 Å². The van der Waals surface area contributed by atoms with E-state index in [0.29, 0.717) is 0 Å². The maximum absolute atomic E-state index is 5.09. The zero-order valence-corrected chi connectivity index (χ0v) is 31.4. The molecule has 5 heterocycles. The Bertz CT molecular complexity index is 1120. The van der Waals surface area contributed by atoms with Crippen LogP contribution in [-0.2, 0) is 27.1 Å². The molecule has 0 saturated carbocycles. The van der Waals surface area contributed by atoms with E-state index in [0.717, 1.165) is 22.6 Å². The van der Waals surface area contributed by atoms with Gasteiger partial charge < -0.3 is 13.4 Å². The van der Waals surface area contributed by atoms with E-state index in [-0.39, 0.29) is 27.1 Å². The van der Waals surface area contributed by atoms with E-state index in [9.17, 15) is 0 Å². The molecule has 5 rings (SSSR count). The number of aromatic nitrogens is 7. The first-order valence-electron chi connectivity index (χ1n) is 14.8. The number of thiazole rings is 1. The Morgan fingerprint density at radius 2 is 1.04 bits per heavy atom. The summed E-state index contributed by atoms with van der Waals surface area (Å²) in [5.41, 5.74) is 0.495. The number of hydrogen-bond acceptors (Lipinski definition) is 12. The first-order valence-corrected chi connectivity index (χ1v) is 16.4. The van der Waals surface area contributed by atoms with Crippen molar-refractivity contribution in [3.63, 3.8) is 0 Å². The van der Waals surface area contributed by atoms with Gasteiger partial charge >= 0.3 is 0 Å². The zero-order valence-electron chi connectivity index (χ0n) is 29.8. The molecule has 0 saturated heterocycles. The summed E-state index contributed by atoms with van der Waals surface area (Å²) < 4.78 is 18.7. The summed E-state index contributed by atoms with van der Waals surface area (Å²) in [6.07, 6.45) is 11.3. The molecule has 0 aliphatic carbocycles. The highest BCUT2D eigenvalue weighted by Crippen LogP contribution is 2.24. The van der Waals surface area contributed by atoms with Crippen LogP contribution in [0.25, 0.3) is 0 Å². The molecule has 0 atom stereocenters. The van der Waals surface area contributed by atoms with E-state index in [1.807, 2.05) is 32.3 Å². The predicted octanol–water partition coefficient (Wildman–Crippen LogP) is 9.59. The van der Waals surface area contributed by atoms with Crippen LogP contribution in [0.4, 0.5) is 0 Å². The second kappa shape index (κ2) is 16.9. The highest BCUT2D eigenvalue weighted by Gasteiger charge is 2.19. The minimum atomic E-state index is 0.00694. The van der Waals surface area contributed by atoms with Gasteiger partial charge in [0.1, 0.15) is 23.9 Å². The van der Waals surface area contributed by atoms with Gasteiger partial charge in [0.15, 0.2) is 17.6 Å². The lowest BCUT2D eigenvalue weighted by Crippen LogP contribution is -2.12. The smallest absolute Gasteiger partial charge is 0.213 e. The van der Waals surface area contributed by atoms with Crippen LogP contribution in [0.15, 0.2) is 62.6 Å². The molecule has 10 nitrogen and oxygen atoms in total. The monoisotopic (exact) mass is 659 g/mol. The second-order valence-corrected chi connectivity index (χ2v) is 16.9.